The number of hydrogen-bond donors (Lipinski definition) is 3. The first-order chi connectivity index (χ1) is 15.8. The number of hydrazine groups is 1. The third-order valence-corrected chi connectivity index (χ3v) is 4.99. The molecule has 0 radical (unpaired) electrons. The Balaban J connectivity index is 1.33. The summed E-state index contributed by atoms with van der Waals surface area (Å²) in [7, 11) is 1.76. The summed E-state index contributed by atoms with van der Waals surface area (Å²) in [5.74, 6) is 0.487. The van der Waals surface area contributed by atoms with Crippen LogP contribution < -0.4 is 16.1 Å². The second-order valence-electron chi connectivity index (χ2n) is 7.92. The molecule has 0 aliphatic heterocycles. The smallest absolute Gasteiger partial charge is 0.367 e. The Morgan fingerprint density at radius 2 is 1.88 bits per heavy atom. The largest absolute Gasteiger partial charge is 0.416 e. The molecule has 0 atom stereocenters. The molecule has 1 aliphatic rings. The zero-order valence-electron chi connectivity index (χ0n) is 17.8. The molecule has 174 valence electrons. The lowest BCUT2D eigenvalue weighted by Crippen LogP contribution is -2.26. The van der Waals surface area contributed by atoms with Gasteiger partial charge >= 0.3 is 6.18 Å². The molecule has 3 N–H and O–H groups in total. The first-order valence-electron chi connectivity index (χ1n) is 10.4. The summed E-state index contributed by atoms with van der Waals surface area (Å²) in [4.78, 5) is 12.5. The Labute approximate surface area is 188 Å². The second-order valence-corrected chi connectivity index (χ2v) is 7.92. The molecular formula is C22H23F4N7. The molecule has 3 aromatic rings. The molecule has 0 saturated heterocycles. The van der Waals surface area contributed by atoms with Gasteiger partial charge in [-0.3, -0.25) is 10.4 Å². The number of hydrogen-bond acceptors (Lipinski definition) is 7. The average molecular weight is 461 g/mol. The van der Waals surface area contributed by atoms with E-state index >= 15 is 0 Å². The zero-order chi connectivity index (χ0) is 23.4. The van der Waals surface area contributed by atoms with E-state index in [2.05, 4.69) is 31.0 Å². The molecule has 0 spiro atoms. The van der Waals surface area contributed by atoms with Gasteiger partial charge in [0.2, 0.25) is 5.95 Å². The van der Waals surface area contributed by atoms with E-state index in [1.54, 1.807) is 30.3 Å². The van der Waals surface area contributed by atoms with Gasteiger partial charge in [0.15, 0.2) is 11.6 Å². The van der Waals surface area contributed by atoms with Crippen LogP contribution >= 0.6 is 0 Å². The van der Waals surface area contributed by atoms with Gasteiger partial charge in [0.05, 0.1) is 35.9 Å². The van der Waals surface area contributed by atoms with Gasteiger partial charge in [-0.25, -0.2) is 14.4 Å². The van der Waals surface area contributed by atoms with Gasteiger partial charge in [-0.15, -0.1) is 0 Å². The van der Waals surface area contributed by atoms with E-state index in [1.165, 1.54) is 12.3 Å². The van der Waals surface area contributed by atoms with Crippen molar-refractivity contribution in [2.75, 3.05) is 29.7 Å². The highest BCUT2D eigenvalue weighted by Crippen LogP contribution is 2.31. The highest BCUT2D eigenvalue weighted by atomic mass is 19.4. The van der Waals surface area contributed by atoms with Crippen LogP contribution in [0.1, 0.15) is 24.1 Å². The van der Waals surface area contributed by atoms with Crippen molar-refractivity contribution >= 4 is 23.1 Å². The lowest BCUT2D eigenvalue weighted by atomic mass is 10.2. The van der Waals surface area contributed by atoms with Crippen molar-refractivity contribution in [1.29, 1.82) is 0 Å². The fourth-order valence-electron chi connectivity index (χ4n) is 3.09. The summed E-state index contributed by atoms with van der Waals surface area (Å²) >= 11 is 0. The van der Waals surface area contributed by atoms with E-state index in [-0.39, 0.29) is 11.8 Å². The van der Waals surface area contributed by atoms with E-state index in [0.29, 0.717) is 36.1 Å². The van der Waals surface area contributed by atoms with E-state index < -0.39 is 17.6 Å². The molecule has 2 aromatic heterocycles. The lowest BCUT2D eigenvalue weighted by Gasteiger charge is -2.18. The number of aromatic nitrogens is 3. The number of nitrogens with zero attached hydrogens (tertiary/aromatic N) is 4. The number of anilines is 4. The van der Waals surface area contributed by atoms with Crippen molar-refractivity contribution < 1.29 is 17.6 Å². The van der Waals surface area contributed by atoms with Crippen molar-refractivity contribution in [2.24, 2.45) is 5.92 Å². The molecular weight excluding hydrogens is 438 g/mol. The minimum Gasteiger partial charge on any atom is -0.367 e. The summed E-state index contributed by atoms with van der Waals surface area (Å²) in [6, 6.07) is 8.44. The van der Waals surface area contributed by atoms with Crippen LogP contribution in [-0.4, -0.2) is 33.6 Å². The van der Waals surface area contributed by atoms with Crippen LogP contribution in [-0.2, 0) is 12.7 Å². The molecule has 0 bridgehead atoms. The summed E-state index contributed by atoms with van der Waals surface area (Å²) in [5, 5.41) is 7.62. The Morgan fingerprint density at radius 1 is 1.06 bits per heavy atom. The Bertz CT molecular complexity index is 1080. The monoisotopic (exact) mass is 461 g/mol. The summed E-state index contributed by atoms with van der Waals surface area (Å²) in [5.41, 5.74) is 3.83. The molecule has 33 heavy (non-hydrogen) atoms. The van der Waals surface area contributed by atoms with E-state index in [0.717, 1.165) is 31.2 Å². The van der Waals surface area contributed by atoms with Gasteiger partial charge in [-0.05, 0) is 49.1 Å². The van der Waals surface area contributed by atoms with Crippen LogP contribution in [0.5, 0.6) is 0 Å². The molecule has 0 amide bonds. The average Bonchev–Trinajstić information content (AvgIpc) is 3.60. The number of rotatable bonds is 9. The maximum absolute atomic E-state index is 13.9. The summed E-state index contributed by atoms with van der Waals surface area (Å²) < 4.78 is 52.5. The van der Waals surface area contributed by atoms with Crippen LogP contribution in [0.4, 0.5) is 40.7 Å². The standard InChI is InChI=1S/C22H23F4N7/c1-33(32-21-29-12-19(23)20(31-21)28-10-14-5-6-14)13-18-8-7-17(11-27-18)30-16-4-2-3-15(9-16)22(24,25)26/h2-4,7-9,11-12,14,30H,5-6,10,13H2,1H3,(H2,28,29,31,32). The molecule has 2 heterocycles. The van der Waals surface area contributed by atoms with Crippen LogP contribution in [0.25, 0.3) is 0 Å². The third kappa shape index (κ3) is 6.51. The van der Waals surface area contributed by atoms with E-state index in [1.807, 2.05) is 0 Å². The molecule has 1 saturated carbocycles. The van der Waals surface area contributed by atoms with Crippen molar-refractivity contribution in [3.8, 4) is 0 Å². The number of nitrogens with one attached hydrogen (secondary N) is 3. The Morgan fingerprint density at radius 3 is 2.58 bits per heavy atom. The Kier molecular flexibility index (Phi) is 6.59. The number of halogens is 4. The van der Waals surface area contributed by atoms with Gasteiger partial charge in [-0.1, -0.05) is 6.07 Å². The lowest BCUT2D eigenvalue weighted by molar-refractivity contribution is -0.137. The quantitative estimate of drug-likeness (QED) is 0.304. The normalized spacial score (nSPS) is 13.8. The number of benzene rings is 1. The van der Waals surface area contributed by atoms with Gasteiger partial charge in [0.1, 0.15) is 0 Å². The molecule has 4 rings (SSSR count). The maximum atomic E-state index is 13.9. The number of pyridine rings is 1. The predicted molar refractivity (Wildman–Crippen MR) is 117 cm³/mol. The van der Waals surface area contributed by atoms with E-state index in [4.69, 9.17) is 0 Å². The second kappa shape index (κ2) is 9.57. The minimum atomic E-state index is -4.40. The molecule has 1 aromatic carbocycles. The third-order valence-electron chi connectivity index (χ3n) is 4.99. The van der Waals surface area contributed by atoms with Gasteiger partial charge in [0, 0.05) is 19.3 Å². The van der Waals surface area contributed by atoms with Crippen molar-refractivity contribution in [3.63, 3.8) is 0 Å². The molecule has 11 heteroatoms. The maximum Gasteiger partial charge on any atom is 0.416 e. The van der Waals surface area contributed by atoms with Crippen molar-refractivity contribution in [1.82, 2.24) is 20.0 Å². The van der Waals surface area contributed by atoms with Crippen LogP contribution in [0, 0.1) is 11.7 Å². The topological polar surface area (TPSA) is 78.0 Å². The summed E-state index contributed by atoms with van der Waals surface area (Å²) in [6.45, 7) is 1.07. The fraction of sp³-hybridized carbons (Fsp3) is 0.318. The van der Waals surface area contributed by atoms with Crippen molar-refractivity contribution in [3.05, 3.63) is 65.9 Å². The Hall–Kier alpha value is -3.47. The number of alkyl halides is 3. The minimum absolute atomic E-state index is 0.163. The van der Waals surface area contributed by atoms with Gasteiger partial charge in [-0.2, -0.15) is 18.2 Å². The van der Waals surface area contributed by atoms with Crippen LogP contribution in [0.3, 0.4) is 0 Å². The van der Waals surface area contributed by atoms with Crippen LogP contribution in [0.15, 0.2) is 48.8 Å². The predicted octanol–water partition coefficient (Wildman–Crippen LogP) is 5.05. The van der Waals surface area contributed by atoms with E-state index in [9.17, 15) is 17.6 Å². The fourth-order valence-corrected chi connectivity index (χ4v) is 3.09. The van der Waals surface area contributed by atoms with Gasteiger partial charge < -0.3 is 10.6 Å². The molecule has 0 unspecified atom stereocenters. The highest BCUT2D eigenvalue weighted by Gasteiger charge is 2.30. The highest BCUT2D eigenvalue weighted by molar-refractivity contribution is 5.59. The van der Waals surface area contributed by atoms with Crippen LogP contribution in [0.2, 0.25) is 0 Å². The zero-order valence-corrected chi connectivity index (χ0v) is 17.8. The first-order valence-corrected chi connectivity index (χ1v) is 10.4. The molecule has 7 nitrogen and oxygen atoms in total. The SMILES string of the molecule is CN(Cc1ccc(Nc2cccc(C(F)(F)F)c2)cn1)Nc1ncc(F)c(NCC2CC2)n1. The first kappa shape index (κ1) is 22.7. The van der Waals surface area contributed by atoms with Gasteiger partial charge in [0.25, 0.3) is 0 Å². The summed E-state index contributed by atoms with van der Waals surface area (Å²) in [6.07, 6.45) is 0.548. The van der Waals surface area contributed by atoms with Crippen molar-refractivity contribution in [2.45, 2.75) is 25.6 Å². The molecule has 1 fully saturated rings. The molecule has 1 aliphatic carbocycles.